The number of aromatic nitrogens is 1. The Labute approximate surface area is 145 Å². The monoisotopic (exact) mass is 338 g/mol. The number of hydrogen-bond donors (Lipinski definition) is 1. The number of anilines is 1. The first-order valence-corrected chi connectivity index (χ1v) is 6.35. The Morgan fingerprint density at radius 1 is 1.20 bits per heavy atom. The van der Waals surface area contributed by atoms with Crippen molar-refractivity contribution in [2.45, 2.75) is 0 Å². The molecule has 0 saturated heterocycles. The van der Waals surface area contributed by atoms with Crippen molar-refractivity contribution in [2.75, 3.05) is 5.73 Å². The fraction of sp³-hybridized carbons (Fsp3) is 0. The molecular formula is C14H8BrN2NaO2. The van der Waals surface area contributed by atoms with Crippen molar-refractivity contribution >= 4 is 49.3 Å². The van der Waals surface area contributed by atoms with E-state index in [0.717, 1.165) is 26.0 Å². The van der Waals surface area contributed by atoms with Crippen molar-refractivity contribution in [2.24, 2.45) is 0 Å². The van der Waals surface area contributed by atoms with Crippen LogP contribution in [-0.2, 0) is 0 Å². The van der Waals surface area contributed by atoms with E-state index in [1.807, 2.05) is 12.1 Å². The summed E-state index contributed by atoms with van der Waals surface area (Å²) in [5.74, 6) is -0.774. The Balaban J connectivity index is 0.00000147. The molecule has 0 spiro atoms. The van der Waals surface area contributed by atoms with Crippen molar-refractivity contribution in [1.82, 2.24) is 4.98 Å². The van der Waals surface area contributed by atoms with Crippen molar-refractivity contribution in [3.63, 3.8) is 0 Å². The maximum absolute atomic E-state index is 10.9. The average Bonchev–Trinajstić information content (AvgIpc) is 2.38. The number of carboxylic acids is 1. The van der Waals surface area contributed by atoms with Crippen molar-refractivity contribution < 1.29 is 39.5 Å². The minimum atomic E-state index is -1.20. The zero-order valence-electron chi connectivity index (χ0n) is 10.7. The molecule has 0 aliphatic carbocycles. The number of benzene rings is 2. The molecule has 0 saturated carbocycles. The minimum absolute atomic E-state index is 0. The van der Waals surface area contributed by atoms with Gasteiger partial charge in [0.15, 0.2) is 0 Å². The maximum atomic E-state index is 10.9. The summed E-state index contributed by atoms with van der Waals surface area (Å²) in [6, 6.07) is 8.57. The van der Waals surface area contributed by atoms with E-state index in [-0.39, 0.29) is 35.1 Å². The number of nitrogens with zero attached hydrogens (tertiary/aromatic N) is 1. The molecule has 0 aliphatic heterocycles. The second-order valence-corrected chi connectivity index (χ2v) is 5.05. The largest absolute Gasteiger partial charge is 1.00 e. The van der Waals surface area contributed by atoms with E-state index in [4.69, 9.17) is 5.73 Å². The van der Waals surface area contributed by atoms with Crippen LogP contribution in [0.4, 0.5) is 5.82 Å². The first-order valence-electron chi connectivity index (χ1n) is 5.56. The molecule has 1 heterocycles. The molecule has 0 amide bonds. The molecule has 6 heteroatoms. The number of pyridine rings is 1. The standard InChI is InChI=1S/C14H9BrN2O2.Na/c15-11-6-7-3-4-17-13(16)12(7)9-2-1-8(14(18)19)5-10(9)11;/h1-6H,(H2,16,17)(H,18,19);/q;+1/p-1. The van der Waals surface area contributed by atoms with Crippen LogP contribution in [0.2, 0.25) is 0 Å². The molecule has 4 nitrogen and oxygen atoms in total. The quantitative estimate of drug-likeness (QED) is 0.460. The minimum Gasteiger partial charge on any atom is -0.545 e. The van der Waals surface area contributed by atoms with E-state index in [1.54, 1.807) is 18.3 Å². The fourth-order valence-electron chi connectivity index (χ4n) is 2.21. The van der Waals surface area contributed by atoms with Gasteiger partial charge >= 0.3 is 29.6 Å². The van der Waals surface area contributed by atoms with Gasteiger partial charge in [0.25, 0.3) is 0 Å². The zero-order chi connectivity index (χ0) is 13.6. The molecule has 2 N–H and O–H groups in total. The number of nitrogens with two attached hydrogens (primary N) is 1. The van der Waals surface area contributed by atoms with Crippen LogP contribution in [0.3, 0.4) is 0 Å². The SMILES string of the molecule is Nc1nccc2cc(Br)c3cc(C(=O)[O-])ccc3c12.[Na+]. The summed E-state index contributed by atoms with van der Waals surface area (Å²) >= 11 is 3.45. The van der Waals surface area contributed by atoms with E-state index in [0.29, 0.717) is 5.82 Å². The van der Waals surface area contributed by atoms with E-state index in [2.05, 4.69) is 20.9 Å². The Kier molecular flexibility index (Phi) is 4.34. The Morgan fingerprint density at radius 2 is 1.95 bits per heavy atom. The molecule has 0 unspecified atom stereocenters. The molecular weight excluding hydrogens is 331 g/mol. The first-order chi connectivity index (χ1) is 9.08. The second-order valence-electron chi connectivity index (χ2n) is 4.20. The van der Waals surface area contributed by atoms with Gasteiger partial charge in [-0.25, -0.2) is 4.98 Å². The molecule has 0 fully saturated rings. The normalized spacial score (nSPS) is 10.4. The molecule has 1 aromatic heterocycles. The predicted molar refractivity (Wildman–Crippen MR) is 75.7 cm³/mol. The van der Waals surface area contributed by atoms with Crippen molar-refractivity contribution in [1.29, 1.82) is 0 Å². The molecule has 3 rings (SSSR count). The average molecular weight is 339 g/mol. The first kappa shape index (κ1) is 15.3. The molecule has 0 aliphatic rings. The molecule has 94 valence electrons. The Hall–Kier alpha value is -1.14. The molecule has 0 bridgehead atoms. The van der Waals surface area contributed by atoms with Crippen LogP contribution in [0, 0.1) is 0 Å². The molecule has 2 aromatic carbocycles. The summed E-state index contributed by atoms with van der Waals surface area (Å²) < 4.78 is 0.809. The van der Waals surface area contributed by atoms with Gasteiger partial charge in [-0.2, -0.15) is 0 Å². The van der Waals surface area contributed by atoms with E-state index in [9.17, 15) is 9.90 Å². The summed E-state index contributed by atoms with van der Waals surface area (Å²) in [5, 5.41) is 14.3. The van der Waals surface area contributed by atoms with Gasteiger partial charge in [0, 0.05) is 16.1 Å². The topological polar surface area (TPSA) is 79.0 Å². The summed E-state index contributed by atoms with van der Waals surface area (Å²) in [7, 11) is 0. The Bertz CT molecular complexity index is 836. The predicted octanol–water partition coefficient (Wildman–Crippen LogP) is -0.900. The second kappa shape index (κ2) is 5.69. The summed E-state index contributed by atoms with van der Waals surface area (Å²) in [6.07, 6.45) is 1.64. The van der Waals surface area contributed by atoms with Gasteiger partial charge in [0.1, 0.15) is 5.82 Å². The third-order valence-corrected chi connectivity index (χ3v) is 3.73. The number of carboxylic acid groups (broad SMARTS) is 1. The van der Waals surface area contributed by atoms with Crippen LogP contribution >= 0.6 is 15.9 Å². The third kappa shape index (κ3) is 2.42. The number of rotatable bonds is 1. The molecule has 3 aromatic rings. The van der Waals surface area contributed by atoms with Crippen LogP contribution in [-0.4, -0.2) is 11.0 Å². The maximum Gasteiger partial charge on any atom is 1.00 e. The number of fused-ring (bicyclic) bond motifs is 3. The molecule has 0 radical (unpaired) electrons. The van der Waals surface area contributed by atoms with E-state index in [1.165, 1.54) is 6.07 Å². The van der Waals surface area contributed by atoms with E-state index >= 15 is 0 Å². The summed E-state index contributed by atoms with van der Waals surface area (Å²) in [5.41, 5.74) is 6.05. The number of carbonyl (C=O) groups excluding carboxylic acids is 1. The zero-order valence-corrected chi connectivity index (χ0v) is 14.3. The van der Waals surface area contributed by atoms with Gasteiger partial charge in [-0.3, -0.25) is 0 Å². The summed E-state index contributed by atoms with van der Waals surface area (Å²) in [4.78, 5) is 15.0. The Morgan fingerprint density at radius 3 is 2.65 bits per heavy atom. The van der Waals surface area contributed by atoms with Gasteiger partial charge in [-0.15, -0.1) is 0 Å². The van der Waals surface area contributed by atoms with Gasteiger partial charge in [-0.1, -0.05) is 28.1 Å². The third-order valence-electron chi connectivity index (χ3n) is 3.08. The van der Waals surface area contributed by atoms with E-state index < -0.39 is 5.97 Å². The molecule has 20 heavy (non-hydrogen) atoms. The van der Waals surface area contributed by atoms with Crippen LogP contribution in [0.25, 0.3) is 21.5 Å². The van der Waals surface area contributed by atoms with Crippen LogP contribution in [0.5, 0.6) is 0 Å². The van der Waals surface area contributed by atoms with Gasteiger partial charge in [-0.05, 0) is 39.9 Å². The number of halogens is 1. The van der Waals surface area contributed by atoms with Crippen molar-refractivity contribution in [3.05, 3.63) is 46.6 Å². The fourth-order valence-corrected chi connectivity index (χ4v) is 2.78. The number of hydrogen-bond acceptors (Lipinski definition) is 4. The number of nitrogen functional groups attached to an aromatic ring is 1. The van der Waals surface area contributed by atoms with Crippen LogP contribution < -0.4 is 40.4 Å². The van der Waals surface area contributed by atoms with Gasteiger partial charge in [0.05, 0.1) is 5.97 Å². The number of carbonyl (C=O) groups is 1. The van der Waals surface area contributed by atoms with Gasteiger partial charge < -0.3 is 15.6 Å². The summed E-state index contributed by atoms with van der Waals surface area (Å²) in [6.45, 7) is 0. The van der Waals surface area contributed by atoms with Crippen molar-refractivity contribution in [3.8, 4) is 0 Å². The smallest absolute Gasteiger partial charge is 0.545 e. The van der Waals surface area contributed by atoms with Gasteiger partial charge in [0.2, 0.25) is 0 Å². The van der Waals surface area contributed by atoms with Crippen LogP contribution in [0.1, 0.15) is 10.4 Å². The molecule has 0 atom stereocenters. The van der Waals surface area contributed by atoms with Crippen LogP contribution in [0.15, 0.2) is 41.0 Å². The number of aromatic carboxylic acids is 1.